The van der Waals surface area contributed by atoms with Gasteiger partial charge in [0.05, 0.1) is 11.3 Å². The standard InChI is InChI=1S/C13H13BrN2O2/c14-10-4-3-6-11(9(10)8-15)16-7-2-1-5-12(16)13(17)18/h3-4,6,12H,1-2,5,7H2,(H,17,18). The first-order valence-electron chi connectivity index (χ1n) is 5.83. The lowest BCUT2D eigenvalue weighted by molar-refractivity contribution is -0.139. The van der Waals surface area contributed by atoms with Gasteiger partial charge >= 0.3 is 5.97 Å². The number of rotatable bonds is 2. The first-order valence-corrected chi connectivity index (χ1v) is 6.62. The maximum atomic E-state index is 11.3. The van der Waals surface area contributed by atoms with Crippen LogP contribution in [0.25, 0.3) is 0 Å². The van der Waals surface area contributed by atoms with Crippen molar-refractivity contribution in [2.45, 2.75) is 25.3 Å². The second-order valence-electron chi connectivity index (χ2n) is 4.29. The minimum atomic E-state index is -0.821. The summed E-state index contributed by atoms with van der Waals surface area (Å²) in [5, 5.41) is 18.5. The summed E-state index contributed by atoms with van der Waals surface area (Å²) in [6.45, 7) is 0.683. The Morgan fingerprint density at radius 3 is 2.94 bits per heavy atom. The maximum absolute atomic E-state index is 11.3. The second kappa shape index (κ2) is 5.40. The van der Waals surface area contributed by atoms with Crippen LogP contribution in [0.3, 0.4) is 0 Å². The van der Waals surface area contributed by atoms with Gasteiger partial charge in [-0.15, -0.1) is 0 Å². The van der Waals surface area contributed by atoms with Crippen LogP contribution in [0.2, 0.25) is 0 Å². The van der Waals surface area contributed by atoms with Crippen molar-refractivity contribution >= 4 is 27.6 Å². The number of carboxylic acids is 1. The van der Waals surface area contributed by atoms with Crippen LogP contribution in [-0.4, -0.2) is 23.7 Å². The molecule has 1 aromatic carbocycles. The van der Waals surface area contributed by atoms with Crippen molar-refractivity contribution < 1.29 is 9.90 Å². The van der Waals surface area contributed by atoms with E-state index in [1.165, 1.54) is 0 Å². The zero-order chi connectivity index (χ0) is 13.1. The van der Waals surface area contributed by atoms with Crippen LogP contribution in [0.5, 0.6) is 0 Å². The van der Waals surface area contributed by atoms with E-state index in [4.69, 9.17) is 0 Å². The van der Waals surface area contributed by atoms with Crippen LogP contribution in [0.15, 0.2) is 22.7 Å². The van der Waals surface area contributed by atoms with E-state index < -0.39 is 12.0 Å². The number of anilines is 1. The zero-order valence-electron chi connectivity index (χ0n) is 9.77. The summed E-state index contributed by atoms with van der Waals surface area (Å²) in [4.78, 5) is 13.1. The highest BCUT2D eigenvalue weighted by atomic mass is 79.9. The van der Waals surface area contributed by atoms with Crippen molar-refractivity contribution in [2.75, 3.05) is 11.4 Å². The summed E-state index contributed by atoms with van der Waals surface area (Å²) < 4.78 is 0.706. The maximum Gasteiger partial charge on any atom is 0.326 e. The molecule has 2 rings (SSSR count). The number of nitriles is 1. The molecule has 1 N–H and O–H groups in total. The molecule has 1 aliphatic heterocycles. The Kier molecular flexibility index (Phi) is 3.87. The molecule has 0 amide bonds. The average Bonchev–Trinajstić information content (AvgIpc) is 2.38. The molecule has 18 heavy (non-hydrogen) atoms. The van der Waals surface area contributed by atoms with E-state index in [0.29, 0.717) is 28.7 Å². The van der Waals surface area contributed by atoms with Crippen molar-refractivity contribution in [2.24, 2.45) is 0 Å². The molecule has 1 unspecified atom stereocenters. The van der Waals surface area contributed by atoms with E-state index in [-0.39, 0.29) is 0 Å². The number of benzene rings is 1. The molecule has 94 valence electrons. The minimum absolute atomic E-state index is 0.505. The second-order valence-corrected chi connectivity index (χ2v) is 5.14. The summed E-state index contributed by atoms with van der Waals surface area (Å²) in [5.41, 5.74) is 1.21. The topological polar surface area (TPSA) is 64.3 Å². The number of aliphatic carboxylic acids is 1. The third-order valence-corrected chi connectivity index (χ3v) is 3.86. The number of halogens is 1. The number of carboxylic acid groups (broad SMARTS) is 1. The quantitative estimate of drug-likeness (QED) is 0.912. The molecule has 1 aliphatic rings. The molecule has 1 saturated heterocycles. The summed E-state index contributed by atoms with van der Waals surface area (Å²) in [7, 11) is 0. The van der Waals surface area contributed by atoms with Gasteiger partial charge in [-0.25, -0.2) is 4.79 Å². The Balaban J connectivity index is 2.43. The fourth-order valence-electron chi connectivity index (χ4n) is 2.34. The van der Waals surface area contributed by atoms with Crippen LogP contribution >= 0.6 is 15.9 Å². The van der Waals surface area contributed by atoms with Crippen LogP contribution < -0.4 is 4.90 Å². The molecule has 1 heterocycles. The summed E-state index contributed by atoms with van der Waals surface area (Å²) in [6, 6.07) is 7.04. The van der Waals surface area contributed by atoms with Gasteiger partial charge in [-0.2, -0.15) is 5.26 Å². The van der Waals surface area contributed by atoms with Gasteiger partial charge in [-0.3, -0.25) is 0 Å². The van der Waals surface area contributed by atoms with Gasteiger partial charge in [-0.1, -0.05) is 6.07 Å². The van der Waals surface area contributed by atoms with Crippen LogP contribution in [0.1, 0.15) is 24.8 Å². The van der Waals surface area contributed by atoms with Gasteiger partial charge in [0.25, 0.3) is 0 Å². The Morgan fingerprint density at radius 2 is 2.28 bits per heavy atom. The van der Waals surface area contributed by atoms with E-state index in [0.717, 1.165) is 12.8 Å². The van der Waals surface area contributed by atoms with E-state index in [1.807, 2.05) is 17.0 Å². The molecule has 0 saturated carbocycles. The monoisotopic (exact) mass is 308 g/mol. The molecular formula is C13H13BrN2O2. The minimum Gasteiger partial charge on any atom is -0.480 e. The molecule has 0 radical (unpaired) electrons. The highest BCUT2D eigenvalue weighted by Crippen LogP contribution is 2.31. The molecule has 0 bridgehead atoms. The fraction of sp³-hybridized carbons (Fsp3) is 0.385. The Labute approximate surface area is 114 Å². The molecule has 0 aliphatic carbocycles. The van der Waals surface area contributed by atoms with Gasteiger partial charge in [0.2, 0.25) is 0 Å². The first kappa shape index (κ1) is 12.9. The van der Waals surface area contributed by atoms with Gasteiger partial charge < -0.3 is 10.0 Å². The molecular weight excluding hydrogens is 296 g/mol. The molecule has 1 fully saturated rings. The number of nitrogens with zero attached hydrogens (tertiary/aromatic N) is 2. The van der Waals surface area contributed by atoms with Gasteiger partial charge in [-0.05, 0) is 47.3 Å². The number of hydrogen-bond donors (Lipinski definition) is 1. The van der Waals surface area contributed by atoms with E-state index in [2.05, 4.69) is 22.0 Å². The number of carbonyl (C=O) groups is 1. The molecule has 0 spiro atoms. The summed E-state index contributed by atoms with van der Waals surface area (Å²) in [6.07, 6.45) is 2.51. The fourth-order valence-corrected chi connectivity index (χ4v) is 2.78. The number of hydrogen-bond acceptors (Lipinski definition) is 3. The largest absolute Gasteiger partial charge is 0.480 e. The van der Waals surface area contributed by atoms with Gasteiger partial charge in [0.1, 0.15) is 12.1 Å². The SMILES string of the molecule is N#Cc1c(Br)cccc1N1CCCCC1C(=O)O. The first-order chi connectivity index (χ1) is 8.65. The molecule has 4 nitrogen and oxygen atoms in total. The molecule has 5 heteroatoms. The van der Waals surface area contributed by atoms with E-state index >= 15 is 0 Å². The third-order valence-electron chi connectivity index (χ3n) is 3.20. The van der Waals surface area contributed by atoms with Gasteiger partial charge in [0, 0.05) is 11.0 Å². The highest BCUT2D eigenvalue weighted by Gasteiger charge is 2.30. The zero-order valence-corrected chi connectivity index (χ0v) is 11.4. The lowest BCUT2D eigenvalue weighted by atomic mass is 10.00. The summed E-state index contributed by atoms with van der Waals surface area (Å²) in [5.74, 6) is -0.821. The molecule has 0 aromatic heterocycles. The van der Waals surface area contributed by atoms with Crippen LogP contribution in [-0.2, 0) is 4.79 Å². The highest BCUT2D eigenvalue weighted by molar-refractivity contribution is 9.10. The van der Waals surface area contributed by atoms with E-state index in [1.54, 1.807) is 6.07 Å². The van der Waals surface area contributed by atoms with Crippen molar-refractivity contribution in [1.82, 2.24) is 0 Å². The van der Waals surface area contributed by atoms with Crippen LogP contribution in [0.4, 0.5) is 5.69 Å². The Hall–Kier alpha value is -1.54. The lowest BCUT2D eigenvalue weighted by Gasteiger charge is -2.35. The van der Waals surface area contributed by atoms with Crippen molar-refractivity contribution in [3.63, 3.8) is 0 Å². The van der Waals surface area contributed by atoms with E-state index in [9.17, 15) is 15.2 Å². The predicted molar refractivity (Wildman–Crippen MR) is 71.5 cm³/mol. The molecule has 1 aromatic rings. The molecule has 1 atom stereocenters. The van der Waals surface area contributed by atoms with Gasteiger partial charge in [0.15, 0.2) is 0 Å². The lowest BCUT2D eigenvalue weighted by Crippen LogP contribution is -2.45. The van der Waals surface area contributed by atoms with Crippen molar-refractivity contribution in [3.05, 3.63) is 28.2 Å². The summed E-state index contributed by atoms with van der Waals surface area (Å²) >= 11 is 3.33. The van der Waals surface area contributed by atoms with Crippen molar-refractivity contribution in [1.29, 1.82) is 5.26 Å². The predicted octanol–water partition coefficient (Wildman–Crippen LogP) is 2.76. The normalized spacial score (nSPS) is 19.3. The average molecular weight is 309 g/mol. The Bertz CT molecular complexity index is 510. The Morgan fingerprint density at radius 1 is 1.50 bits per heavy atom. The smallest absolute Gasteiger partial charge is 0.326 e. The van der Waals surface area contributed by atoms with Crippen molar-refractivity contribution in [3.8, 4) is 6.07 Å². The van der Waals surface area contributed by atoms with Crippen LogP contribution in [0, 0.1) is 11.3 Å². The third kappa shape index (κ3) is 2.34. The number of piperidine rings is 1.